The van der Waals surface area contributed by atoms with Gasteiger partial charge in [-0.25, -0.2) is 0 Å². The third-order valence-electron chi connectivity index (χ3n) is 6.50. The molecule has 3 rings (SSSR count). The highest BCUT2D eigenvalue weighted by atomic mass is 16.3. The number of fused-ring (bicyclic) bond motifs is 3. The fraction of sp³-hybridized carbons (Fsp3) is 0.882. The highest BCUT2D eigenvalue weighted by Crippen LogP contribution is 2.62. The summed E-state index contributed by atoms with van der Waals surface area (Å²) in [5.41, 5.74) is 0.973. The Kier molecular flexibility index (Phi) is 2.89. The summed E-state index contributed by atoms with van der Waals surface area (Å²) in [5, 5.41) is 10.00. The van der Waals surface area contributed by atoms with Gasteiger partial charge in [0.25, 0.3) is 0 Å². The molecule has 0 bridgehead atoms. The molecule has 3 aliphatic carbocycles. The van der Waals surface area contributed by atoms with E-state index in [2.05, 4.69) is 26.8 Å². The van der Waals surface area contributed by atoms with E-state index < -0.39 is 0 Å². The van der Waals surface area contributed by atoms with Gasteiger partial charge in [-0.2, -0.15) is 0 Å². The molecule has 2 saturated carbocycles. The van der Waals surface area contributed by atoms with Crippen LogP contribution in [0.25, 0.3) is 0 Å². The third-order valence-corrected chi connectivity index (χ3v) is 6.50. The minimum absolute atomic E-state index is 0.188. The zero-order chi connectivity index (χ0) is 13.0. The monoisotopic (exact) mass is 248 g/mol. The van der Waals surface area contributed by atoms with Crippen LogP contribution in [-0.4, -0.2) is 11.2 Å². The van der Waals surface area contributed by atoms with Gasteiger partial charge < -0.3 is 5.11 Å². The predicted molar refractivity (Wildman–Crippen MR) is 75.2 cm³/mol. The summed E-state index contributed by atoms with van der Waals surface area (Å²) < 4.78 is 0. The first-order chi connectivity index (χ1) is 8.43. The molecule has 0 radical (unpaired) electrons. The average Bonchev–Trinajstić information content (AvgIpc) is 2.29. The smallest absolute Gasteiger partial charge is 0.0724 e. The van der Waals surface area contributed by atoms with Crippen molar-refractivity contribution in [3.05, 3.63) is 12.2 Å². The summed E-state index contributed by atoms with van der Waals surface area (Å²) >= 11 is 0. The van der Waals surface area contributed by atoms with Crippen LogP contribution in [0.1, 0.15) is 59.3 Å². The molecule has 0 unspecified atom stereocenters. The van der Waals surface area contributed by atoms with Gasteiger partial charge in [0.05, 0.1) is 6.10 Å². The van der Waals surface area contributed by atoms with Crippen molar-refractivity contribution in [1.82, 2.24) is 0 Å². The van der Waals surface area contributed by atoms with E-state index in [1.54, 1.807) is 0 Å². The second kappa shape index (κ2) is 4.10. The van der Waals surface area contributed by atoms with Crippen LogP contribution in [-0.2, 0) is 0 Å². The Morgan fingerprint density at radius 1 is 1.06 bits per heavy atom. The molecule has 0 aromatic heterocycles. The van der Waals surface area contributed by atoms with Crippen LogP contribution in [0.5, 0.6) is 0 Å². The lowest BCUT2D eigenvalue weighted by molar-refractivity contribution is -0.101. The first-order valence-electron chi connectivity index (χ1n) is 7.80. The highest BCUT2D eigenvalue weighted by molar-refractivity contribution is 5.12. The Morgan fingerprint density at radius 2 is 1.83 bits per heavy atom. The van der Waals surface area contributed by atoms with Gasteiger partial charge in [0.1, 0.15) is 0 Å². The van der Waals surface area contributed by atoms with E-state index in [-0.39, 0.29) is 6.10 Å². The Hall–Kier alpha value is -0.300. The molecule has 1 nitrogen and oxygen atoms in total. The lowest BCUT2D eigenvalue weighted by atomic mass is 9.45. The third kappa shape index (κ3) is 1.78. The second-order valence-electron chi connectivity index (χ2n) is 7.94. The summed E-state index contributed by atoms with van der Waals surface area (Å²) in [6.45, 7) is 7.48. The molecule has 18 heavy (non-hydrogen) atoms. The zero-order valence-electron chi connectivity index (χ0n) is 12.2. The number of hydrogen-bond acceptors (Lipinski definition) is 1. The Bertz CT molecular complexity index is 357. The van der Waals surface area contributed by atoms with Crippen molar-refractivity contribution >= 4 is 0 Å². The molecule has 0 aromatic rings. The molecule has 0 saturated heterocycles. The van der Waals surface area contributed by atoms with Crippen LogP contribution < -0.4 is 0 Å². The molecule has 0 spiro atoms. The number of aliphatic hydroxyl groups excluding tert-OH is 1. The van der Waals surface area contributed by atoms with E-state index in [1.807, 2.05) is 6.08 Å². The van der Waals surface area contributed by atoms with Crippen molar-refractivity contribution < 1.29 is 5.11 Å². The summed E-state index contributed by atoms with van der Waals surface area (Å²) in [6.07, 6.45) is 12.1. The molecular weight excluding hydrogens is 220 g/mol. The fourth-order valence-electron chi connectivity index (χ4n) is 5.66. The minimum atomic E-state index is -0.188. The van der Waals surface area contributed by atoms with E-state index >= 15 is 0 Å². The molecule has 102 valence electrons. The van der Waals surface area contributed by atoms with Crippen LogP contribution in [0.15, 0.2) is 12.2 Å². The fourth-order valence-corrected chi connectivity index (χ4v) is 5.66. The molecule has 1 heteroatoms. The largest absolute Gasteiger partial charge is 0.389 e. The molecule has 5 atom stereocenters. The van der Waals surface area contributed by atoms with Crippen LogP contribution in [0.4, 0.5) is 0 Å². The normalized spacial score (nSPS) is 50.4. The number of allylic oxidation sites excluding steroid dienone is 1. The van der Waals surface area contributed by atoms with E-state index in [1.165, 1.54) is 32.1 Å². The first-order valence-corrected chi connectivity index (χ1v) is 7.80. The lowest BCUT2D eigenvalue weighted by Gasteiger charge is -2.60. The van der Waals surface area contributed by atoms with Crippen LogP contribution in [0.3, 0.4) is 0 Å². The van der Waals surface area contributed by atoms with Crippen molar-refractivity contribution in [2.45, 2.75) is 65.4 Å². The summed E-state index contributed by atoms with van der Waals surface area (Å²) in [4.78, 5) is 0. The lowest BCUT2D eigenvalue weighted by Crippen LogP contribution is -2.52. The van der Waals surface area contributed by atoms with Crippen molar-refractivity contribution in [2.75, 3.05) is 0 Å². The first kappa shape index (κ1) is 12.7. The van der Waals surface area contributed by atoms with Crippen molar-refractivity contribution in [3.63, 3.8) is 0 Å². The Labute approximate surface area is 112 Å². The zero-order valence-corrected chi connectivity index (χ0v) is 12.2. The van der Waals surface area contributed by atoms with Gasteiger partial charge in [-0.15, -0.1) is 0 Å². The summed E-state index contributed by atoms with van der Waals surface area (Å²) in [5.74, 6) is 2.32. The topological polar surface area (TPSA) is 20.2 Å². The number of hydrogen-bond donors (Lipinski definition) is 1. The molecule has 3 aliphatic rings. The van der Waals surface area contributed by atoms with E-state index in [4.69, 9.17) is 0 Å². The van der Waals surface area contributed by atoms with Crippen molar-refractivity contribution in [2.24, 2.45) is 28.6 Å². The summed E-state index contributed by atoms with van der Waals surface area (Å²) in [7, 11) is 0. The van der Waals surface area contributed by atoms with Gasteiger partial charge in [-0.1, -0.05) is 39.3 Å². The minimum Gasteiger partial charge on any atom is -0.389 e. The molecule has 2 fully saturated rings. The van der Waals surface area contributed by atoms with Crippen LogP contribution in [0.2, 0.25) is 0 Å². The number of aliphatic hydroxyl groups is 1. The maximum Gasteiger partial charge on any atom is 0.0724 e. The second-order valence-corrected chi connectivity index (χ2v) is 7.94. The van der Waals surface area contributed by atoms with E-state index in [0.29, 0.717) is 10.8 Å². The highest BCUT2D eigenvalue weighted by Gasteiger charge is 2.54. The van der Waals surface area contributed by atoms with Crippen molar-refractivity contribution in [1.29, 1.82) is 0 Å². The molecular formula is C17H28O. The Balaban J connectivity index is 1.94. The van der Waals surface area contributed by atoms with Gasteiger partial charge in [0, 0.05) is 0 Å². The van der Waals surface area contributed by atoms with Crippen LogP contribution in [0, 0.1) is 28.6 Å². The van der Waals surface area contributed by atoms with Crippen molar-refractivity contribution in [3.8, 4) is 0 Å². The van der Waals surface area contributed by atoms with E-state index in [9.17, 15) is 5.11 Å². The standard InChI is InChI=1S/C17H28O/c1-16(2)9-4-10-17(3)14-11-13(18)7-5-12(14)6-8-15(16)17/h5,7,12-15,18H,4,6,8-11H2,1-3H3/t12-,13-,14+,15+,17-/m1/s1. The maximum absolute atomic E-state index is 10.00. The van der Waals surface area contributed by atoms with E-state index in [0.717, 1.165) is 24.2 Å². The quantitative estimate of drug-likeness (QED) is 0.638. The molecule has 0 amide bonds. The van der Waals surface area contributed by atoms with Gasteiger partial charge in [-0.05, 0) is 60.7 Å². The van der Waals surface area contributed by atoms with Gasteiger partial charge in [0.15, 0.2) is 0 Å². The molecule has 1 N–H and O–H groups in total. The van der Waals surface area contributed by atoms with Gasteiger partial charge in [0.2, 0.25) is 0 Å². The molecule has 0 aliphatic heterocycles. The Morgan fingerprint density at radius 3 is 2.61 bits per heavy atom. The predicted octanol–water partition coefficient (Wildman–Crippen LogP) is 4.17. The SMILES string of the molecule is CC1(C)CCC[C@]2(C)[C@H]3C[C@H](O)C=C[C@@H]3CC[C@@H]12. The molecule has 0 heterocycles. The summed E-state index contributed by atoms with van der Waals surface area (Å²) in [6, 6.07) is 0. The van der Waals surface area contributed by atoms with Crippen LogP contribution >= 0.6 is 0 Å². The van der Waals surface area contributed by atoms with Gasteiger partial charge in [-0.3, -0.25) is 0 Å². The maximum atomic E-state index is 10.00. The van der Waals surface area contributed by atoms with Gasteiger partial charge >= 0.3 is 0 Å². The average molecular weight is 248 g/mol. The number of rotatable bonds is 0. The molecule has 0 aromatic carbocycles.